The van der Waals surface area contributed by atoms with Gasteiger partial charge in [0.05, 0.1) is 12.4 Å². The molecule has 0 aliphatic heterocycles. The monoisotopic (exact) mass is 291 g/mol. The standard InChI is InChI=1S/C13H25NO4S/c1-9(2)8-11(13(15)18-3)14-10-6-5-7-12(10)19(4,16)17/h9-12,14H,5-8H2,1-4H3. The van der Waals surface area contributed by atoms with E-state index in [1.54, 1.807) is 0 Å². The average Bonchev–Trinajstić information content (AvgIpc) is 2.74. The molecule has 1 aliphatic carbocycles. The number of hydrogen-bond donors (Lipinski definition) is 1. The lowest BCUT2D eigenvalue weighted by Crippen LogP contribution is -2.49. The van der Waals surface area contributed by atoms with Crippen LogP contribution in [0, 0.1) is 5.92 Å². The van der Waals surface area contributed by atoms with E-state index in [2.05, 4.69) is 5.32 Å². The van der Waals surface area contributed by atoms with E-state index in [1.807, 2.05) is 13.8 Å². The second-order valence-electron chi connectivity index (χ2n) is 5.78. The van der Waals surface area contributed by atoms with Gasteiger partial charge in [-0.1, -0.05) is 20.3 Å². The van der Waals surface area contributed by atoms with Crippen molar-refractivity contribution in [2.24, 2.45) is 5.92 Å². The molecule has 19 heavy (non-hydrogen) atoms. The fourth-order valence-corrected chi connectivity index (χ4v) is 4.14. The van der Waals surface area contributed by atoms with E-state index in [-0.39, 0.29) is 17.3 Å². The van der Waals surface area contributed by atoms with Gasteiger partial charge in [0.2, 0.25) is 0 Å². The van der Waals surface area contributed by atoms with Crippen LogP contribution in [0.4, 0.5) is 0 Å². The summed E-state index contributed by atoms with van der Waals surface area (Å²) in [4.78, 5) is 11.8. The van der Waals surface area contributed by atoms with Crippen LogP contribution in [0.3, 0.4) is 0 Å². The first-order chi connectivity index (χ1) is 8.75. The van der Waals surface area contributed by atoms with Gasteiger partial charge in [-0.05, 0) is 25.2 Å². The van der Waals surface area contributed by atoms with Gasteiger partial charge in [0.25, 0.3) is 0 Å². The van der Waals surface area contributed by atoms with Gasteiger partial charge in [-0.15, -0.1) is 0 Å². The molecule has 0 aromatic rings. The molecule has 0 heterocycles. The van der Waals surface area contributed by atoms with Gasteiger partial charge in [-0.25, -0.2) is 8.42 Å². The summed E-state index contributed by atoms with van der Waals surface area (Å²) in [5.41, 5.74) is 0. The molecule has 0 amide bonds. The van der Waals surface area contributed by atoms with Crippen LogP contribution in [-0.2, 0) is 19.4 Å². The third kappa shape index (κ3) is 4.76. The summed E-state index contributed by atoms with van der Waals surface area (Å²) >= 11 is 0. The first-order valence-corrected chi connectivity index (χ1v) is 8.74. The van der Waals surface area contributed by atoms with Crippen LogP contribution in [0.5, 0.6) is 0 Å². The minimum Gasteiger partial charge on any atom is -0.468 e. The first-order valence-electron chi connectivity index (χ1n) is 6.78. The molecule has 3 atom stereocenters. The highest BCUT2D eigenvalue weighted by molar-refractivity contribution is 7.91. The van der Waals surface area contributed by atoms with E-state index < -0.39 is 15.9 Å². The van der Waals surface area contributed by atoms with E-state index in [4.69, 9.17) is 4.74 Å². The molecule has 6 heteroatoms. The summed E-state index contributed by atoms with van der Waals surface area (Å²) in [5, 5.41) is 2.82. The van der Waals surface area contributed by atoms with E-state index in [0.29, 0.717) is 18.8 Å². The van der Waals surface area contributed by atoms with Gasteiger partial charge in [-0.2, -0.15) is 0 Å². The van der Waals surface area contributed by atoms with Crippen molar-refractivity contribution in [1.82, 2.24) is 5.32 Å². The normalized spacial score (nSPS) is 25.5. The maximum Gasteiger partial charge on any atom is 0.322 e. The van der Waals surface area contributed by atoms with E-state index in [9.17, 15) is 13.2 Å². The van der Waals surface area contributed by atoms with Crippen LogP contribution in [0.1, 0.15) is 39.5 Å². The third-order valence-electron chi connectivity index (χ3n) is 3.61. The van der Waals surface area contributed by atoms with Crippen LogP contribution < -0.4 is 5.32 Å². The highest BCUT2D eigenvalue weighted by Gasteiger charge is 2.37. The zero-order valence-corrected chi connectivity index (χ0v) is 13.0. The Kier molecular flexibility index (Phi) is 5.80. The molecule has 0 aromatic carbocycles. The van der Waals surface area contributed by atoms with Crippen molar-refractivity contribution in [2.45, 2.75) is 56.9 Å². The van der Waals surface area contributed by atoms with E-state index in [0.717, 1.165) is 12.8 Å². The molecule has 1 rings (SSSR count). The Balaban J connectivity index is 2.75. The second-order valence-corrected chi connectivity index (χ2v) is 8.04. The molecule has 1 saturated carbocycles. The number of ether oxygens (including phenoxy) is 1. The molecule has 5 nitrogen and oxygen atoms in total. The van der Waals surface area contributed by atoms with Gasteiger partial charge < -0.3 is 10.1 Å². The van der Waals surface area contributed by atoms with Crippen LogP contribution in [0.25, 0.3) is 0 Å². The fourth-order valence-electron chi connectivity index (χ4n) is 2.73. The maximum absolute atomic E-state index is 11.8. The molecule has 1 aliphatic rings. The Morgan fingerprint density at radius 2 is 2.00 bits per heavy atom. The number of sulfone groups is 1. The van der Waals surface area contributed by atoms with Gasteiger partial charge in [-0.3, -0.25) is 4.79 Å². The second kappa shape index (κ2) is 6.70. The molecule has 0 saturated heterocycles. The van der Waals surface area contributed by atoms with E-state index >= 15 is 0 Å². The summed E-state index contributed by atoms with van der Waals surface area (Å²) in [6.45, 7) is 4.06. The third-order valence-corrected chi connectivity index (χ3v) is 5.27. The highest BCUT2D eigenvalue weighted by atomic mass is 32.2. The summed E-state index contributed by atoms with van der Waals surface area (Å²) in [5.74, 6) is 0.0301. The predicted octanol–water partition coefficient (Wildman–Crippen LogP) is 1.13. The molecule has 112 valence electrons. The Labute approximate surface area is 116 Å². The zero-order chi connectivity index (χ0) is 14.6. The molecule has 0 bridgehead atoms. The van der Waals surface area contributed by atoms with Crippen molar-refractivity contribution in [3.63, 3.8) is 0 Å². The van der Waals surface area contributed by atoms with Crippen molar-refractivity contribution in [3.05, 3.63) is 0 Å². The van der Waals surface area contributed by atoms with Gasteiger partial charge in [0, 0.05) is 12.3 Å². The van der Waals surface area contributed by atoms with Crippen LogP contribution >= 0.6 is 0 Å². The lowest BCUT2D eigenvalue weighted by atomic mass is 10.0. The van der Waals surface area contributed by atoms with Crippen molar-refractivity contribution < 1.29 is 17.9 Å². The first kappa shape index (κ1) is 16.4. The van der Waals surface area contributed by atoms with Crippen molar-refractivity contribution in [1.29, 1.82) is 0 Å². The zero-order valence-electron chi connectivity index (χ0n) is 12.2. The van der Waals surface area contributed by atoms with Gasteiger partial charge in [0.1, 0.15) is 6.04 Å². The lowest BCUT2D eigenvalue weighted by Gasteiger charge is -2.25. The van der Waals surface area contributed by atoms with Crippen molar-refractivity contribution >= 4 is 15.8 Å². The Morgan fingerprint density at radius 1 is 1.37 bits per heavy atom. The largest absolute Gasteiger partial charge is 0.468 e. The van der Waals surface area contributed by atoms with Gasteiger partial charge in [0.15, 0.2) is 9.84 Å². The lowest BCUT2D eigenvalue weighted by molar-refractivity contribution is -0.143. The number of carbonyl (C=O) groups excluding carboxylic acids is 1. The summed E-state index contributed by atoms with van der Waals surface area (Å²) in [7, 11) is -1.71. The quantitative estimate of drug-likeness (QED) is 0.743. The SMILES string of the molecule is COC(=O)C(CC(C)C)NC1CCCC1S(C)(=O)=O. The number of hydrogen-bond acceptors (Lipinski definition) is 5. The average molecular weight is 291 g/mol. The van der Waals surface area contributed by atoms with Crippen molar-refractivity contribution in [3.8, 4) is 0 Å². The van der Waals surface area contributed by atoms with Crippen molar-refractivity contribution in [2.75, 3.05) is 13.4 Å². The summed E-state index contributed by atoms with van der Waals surface area (Å²) in [6, 6.07) is -0.560. The van der Waals surface area contributed by atoms with Gasteiger partial charge >= 0.3 is 5.97 Å². The predicted molar refractivity (Wildman–Crippen MR) is 74.7 cm³/mol. The minimum absolute atomic E-state index is 0.141. The minimum atomic E-state index is -3.07. The maximum atomic E-state index is 11.8. The summed E-state index contributed by atoms with van der Waals surface area (Å²) in [6.07, 6.45) is 4.27. The molecule has 0 aromatic heterocycles. The molecule has 1 N–H and O–H groups in total. The fraction of sp³-hybridized carbons (Fsp3) is 0.923. The molecule has 1 fully saturated rings. The molecular weight excluding hydrogens is 266 g/mol. The Hall–Kier alpha value is -0.620. The number of esters is 1. The molecule has 0 spiro atoms. The highest BCUT2D eigenvalue weighted by Crippen LogP contribution is 2.26. The Bertz CT molecular complexity index is 405. The number of carbonyl (C=O) groups is 1. The van der Waals surface area contributed by atoms with Crippen LogP contribution in [0.2, 0.25) is 0 Å². The molecule has 0 radical (unpaired) electrons. The molecule has 3 unspecified atom stereocenters. The smallest absolute Gasteiger partial charge is 0.322 e. The number of methoxy groups -OCH3 is 1. The van der Waals surface area contributed by atoms with Crippen LogP contribution in [0.15, 0.2) is 0 Å². The Morgan fingerprint density at radius 3 is 2.47 bits per heavy atom. The van der Waals surface area contributed by atoms with E-state index in [1.165, 1.54) is 13.4 Å². The van der Waals surface area contributed by atoms with Crippen LogP contribution in [-0.4, -0.2) is 45.1 Å². The molecular formula is C13H25NO4S. The topological polar surface area (TPSA) is 72.5 Å². The number of rotatable bonds is 6. The summed E-state index contributed by atoms with van der Waals surface area (Å²) < 4.78 is 28.3. The number of nitrogens with one attached hydrogen (secondary N) is 1.